The number of H-pyrrole nitrogens is 1. The van der Waals surface area contributed by atoms with Gasteiger partial charge in [0, 0.05) is 12.5 Å². The van der Waals surface area contributed by atoms with Crippen molar-refractivity contribution in [3.63, 3.8) is 0 Å². The van der Waals surface area contributed by atoms with Gasteiger partial charge in [-0.1, -0.05) is 54.6 Å². The fraction of sp³-hybridized carbons (Fsp3) is 0.208. The molecule has 5 rings (SSSR count). The Morgan fingerprint density at radius 2 is 1.62 bits per heavy atom. The van der Waals surface area contributed by atoms with Crippen molar-refractivity contribution in [2.24, 2.45) is 0 Å². The van der Waals surface area contributed by atoms with Crippen LogP contribution in [0.5, 0.6) is 0 Å². The molecule has 2 unspecified atom stereocenters. The summed E-state index contributed by atoms with van der Waals surface area (Å²) in [6, 6.07) is 21.2. The number of amides is 1. The molecule has 1 amide bonds. The maximum atomic E-state index is 12.3. The number of aromatic nitrogens is 3. The van der Waals surface area contributed by atoms with Crippen LogP contribution in [0.15, 0.2) is 66.7 Å². The van der Waals surface area contributed by atoms with Crippen molar-refractivity contribution in [1.82, 2.24) is 20.7 Å². The maximum Gasteiger partial charge on any atom is 0.407 e. The molecule has 2 atom stereocenters. The fourth-order valence-corrected chi connectivity index (χ4v) is 4.21. The number of benzene rings is 3. The zero-order valence-corrected chi connectivity index (χ0v) is 17.1. The van der Waals surface area contributed by atoms with Gasteiger partial charge in [0.05, 0.1) is 0 Å². The first-order chi connectivity index (χ1) is 15.6. The smallest absolute Gasteiger partial charge is 0.407 e. The number of hydrogen-bond acceptors (Lipinski definition) is 6. The predicted octanol–water partition coefficient (Wildman–Crippen LogP) is 2.89. The van der Waals surface area contributed by atoms with Crippen molar-refractivity contribution in [1.29, 1.82) is 0 Å². The molecule has 8 heteroatoms. The minimum absolute atomic E-state index is 0.0437. The zero-order chi connectivity index (χ0) is 22.1. The molecular formula is C24H22N4O4. The lowest BCUT2D eigenvalue weighted by molar-refractivity contribution is 0.0186. The Morgan fingerprint density at radius 1 is 0.969 bits per heavy atom. The largest absolute Gasteiger partial charge is 0.449 e. The molecule has 8 nitrogen and oxygen atoms in total. The van der Waals surface area contributed by atoms with Crippen LogP contribution in [0.1, 0.15) is 28.7 Å². The lowest BCUT2D eigenvalue weighted by Crippen LogP contribution is -2.36. The number of hydrogen-bond donors (Lipinski definition) is 4. The minimum Gasteiger partial charge on any atom is -0.449 e. The Morgan fingerprint density at radius 3 is 2.34 bits per heavy atom. The summed E-state index contributed by atoms with van der Waals surface area (Å²) >= 11 is 0. The average molecular weight is 430 g/mol. The molecule has 0 radical (unpaired) electrons. The van der Waals surface area contributed by atoms with E-state index in [0.29, 0.717) is 16.6 Å². The number of fused-ring (bicyclic) bond motifs is 4. The average Bonchev–Trinajstić information content (AvgIpc) is 3.42. The third kappa shape index (κ3) is 3.70. The molecule has 1 aromatic heterocycles. The van der Waals surface area contributed by atoms with Crippen molar-refractivity contribution in [3.05, 3.63) is 83.4 Å². The monoisotopic (exact) mass is 430 g/mol. The molecule has 0 bridgehead atoms. The zero-order valence-electron chi connectivity index (χ0n) is 17.1. The van der Waals surface area contributed by atoms with Gasteiger partial charge in [-0.3, -0.25) is 0 Å². The molecular weight excluding hydrogens is 408 g/mol. The first-order valence-electron chi connectivity index (χ1n) is 10.4. The number of ether oxygens (including phenoxy) is 1. The predicted molar refractivity (Wildman–Crippen MR) is 118 cm³/mol. The van der Waals surface area contributed by atoms with Crippen LogP contribution in [0.3, 0.4) is 0 Å². The van der Waals surface area contributed by atoms with Gasteiger partial charge in [0.1, 0.15) is 29.8 Å². The van der Waals surface area contributed by atoms with E-state index >= 15 is 0 Å². The van der Waals surface area contributed by atoms with Gasteiger partial charge in [-0.15, -0.1) is 0 Å². The van der Waals surface area contributed by atoms with Gasteiger partial charge in [-0.2, -0.15) is 15.4 Å². The highest BCUT2D eigenvalue weighted by Gasteiger charge is 2.29. The Bertz CT molecular complexity index is 1230. The molecule has 32 heavy (non-hydrogen) atoms. The summed E-state index contributed by atoms with van der Waals surface area (Å²) in [6.07, 6.45) is -3.05. The van der Waals surface area contributed by atoms with Crippen LogP contribution in [0.4, 0.5) is 4.79 Å². The SMILES string of the molecule is O=C(NCC(O)C(O)c1ccc2n[nH]nc2c1)OCC1c2ccccc2-c2ccccc21. The van der Waals surface area contributed by atoms with Crippen LogP contribution in [-0.2, 0) is 4.74 Å². The molecule has 1 aliphatic rings. The lowest BCUT2D eigenvalue weighted by Gasteiger charge is -2.19. The summed E-state index contributed by atoms with van der Waals surface area (Å²) in [5.41, 5.74) is 6.28. The summed E-state index contributed by atoms with van der Waals surface area (Å²) in [7, 11) is 0. The molecule has 1 heterocycles. The van der Waals surface area contributed by atoms with Gasteiger partial charge in [0.15, 0.2) is 0 Å². The molecule has 4 aromatic rings. The van der Waals surface area contributed by atoms with Crippen LogP contribution in [-0.4, -0.2) is 51.0 Å². The van der Waals surface area contributed by atoms with E-state index in [2.05, 4.69) is 32.9 Å². The topological polar surface area (TPSA) is 120 Å². The summed E-state index contributed by atoms with van der Waals surface area (Å²) in [5, 5.41) is 33.7. The van der Waals surface area contributed by atoms with Gasteiger partial charge in [0.2, 0.25) is 0 Å². The van der Waals surface area contributed by atoms with E-state index in [-0.39, 0.29) is 19.1 Å². The quantitative estimate of drug-likeness (QED) is 0.373. The molecule has 0 fully saturated rings. The van der Waals surface area contributed by atoms with E-state index in [9.17, 15) is 15.0 Å². The molecule has 3 aromatic carbocycles. The van der Waals surface area contributed by atoms with Crippen molar-refractivity contribution in [3.8, 4) is 11.1 Å². The number of aliphatic hydroxyl groups is 2. The van der Waals surface area contributed by atoms with Gasteiger partial charge >= 0.3 is 6.09 Å². The minimum atomic E-state index is -1.21. The number of aliphatic hydroxyl groups excluding tert-OH is 2. The third-order valence-electron chi connectivity index (χ3n) is 5.85. The van der Waals surface area contributed by atoms with Crippen LogP contribution in [0.25, 0.3) is 22.2 Å². The van der Waals surface area contributed by atoms with E-state index in [4.69, 9.17) is 4.74 Å². The first-order valence-corrected chi connectivity index (χ1v) is 10.4. The normalized spacial score (nSPS) is 14.6. The number of alkyl carbamates (subject to hydrolysis) is 1. The van der Waals surface area contributed by atoms with E-state index in [1.54, 1.807) is 18.2 Å². The second-order valence-corrected chi connectivity index (χ2v) is 7.79. The van der Waals surface area contributed by atoms with Crippen molar-refractivity contribution in [2.45, 2.75) is 18.1 Å². The molecule has 0 saturated heterocycles. The lowest BCUT2D eigenvalue weighted by atomic mass is 9.98. The second-order valence-electron chi connectivity index (χ2n) is 7.79. The third-order valence-corrected chi connectivity index (χ3v) is 5.85. The van der Waals surface area contributed by atoms with Crippen molar-refractivity contribution >= 4 is 17.1 Å². The van der Waals surface area contributed by atoms with Crippen molar-refractivity contribution in [2.75, 3.05) is 13.2 Å². The standard InChI is InChI=1S/C24H22N4O4/c29-22(23(30)14-9-10-20-21(11-14)27-28-26-20)12-25-24(31)32-13-19-17-7-3-1-5-15(17)16-6-2-4-8-18(16)19/h1-11,19,22-23,29-30H,12-13H2,(H,25,31)(H,26,27,28). The van der Waals surface area contributed by atoms with Crippen LogP contribution in [0, 0.1) is 0 Å². The Balaban J connectivity index is 1.18. The number of nitrogens with zero attached hydrogens (tertiary/aromatic N) is 2. The number of carbonyl (C=O) groups is 1. The van der Waals surface area contributed by atoms with E-state index in [1.807, 2.05) is 36.4 Å². The number of nitrogens with one attached hydrogen (secondary N) is 2. The number of aromatic amines is 1. The summed E-state index contributed by atoms with van der Waals surface area (Å²) in [4.78, 5) is 12.3. The molecule has 1 aliphatic carbocycles. The van der Waals surface area contributed by atoms with Crippen LogP contribution >= 0.6 is 0 Å². The molecule has 0 spiro atoms. The highest BCUT2D eigenvalue weighted by molar-refractivity contribution is 5.79. The van der Waals surface area contributed by atoms with Crippen LogP contribution < -0.4 is 5.32 Å². The number of rotatable bonds is 6. The Kier molecular flexibility index (Phi) is 5.30. The van der Waals surface area contributed by atoms with Gasteiger partial charge in [0.25, 0.3) is 0 Å². The second kappa shape index (κ2) is 8.41. The van der Waals surface area contributed by atoms with E-state index in [0.717, 1.165) is 22.3 Å². The Labute approximate surface area is 183 Å². The van der Waals surface area contributed by atoms with Gasteiger partial charge in [-0.25, -0.2) is 4.79 Å². The highest BCUT2D eigenvalue weighted by atomic mass is 16.5. The maximum absolute atomic E-state index is 12.3. The Hall–Kier alpha value is -3.75. The van der Waals surface area contributed by atoms with Crippen LogP contribution in [0.2, 0.25) is 0 Å². The first kappa shape index (κ1) is 20.2. The molecule has 0 saturated carbocycles. The van der Waals surface area contributed by atoms with E-state index in [1.165, 1.54) is 0 Å². The molecule has 162 valence electrons. The summed E-state index contributed by atoms with van der Waals surface area (Å²) in [5.74, 6) is -0.0437. The molecule has 4 N–H and O–H groups in total. The van der Waals surface area contributed by atoms with E-state index < -0.39 is 18.3 Å². The fourth-order valence-electron chi connectivity index (χ4n) is 4.21. The summed E-state index contributed by atoms with van der Waals surface area (Å²) in [6.45, 7) is 0.0238. The molecule has 0 aliphatic heterocycles. The number of carbonyl (C=O) groups excluding carboxylic acids is 1. The summed E-state index contributed by atoms with van der Waals surface area (Å²) < 4.78 is 5.46. The highest BCUT2D eigenvalue weighted by Crippen LogP contribution is 2.44. The van der Waals surface area contributed by atoms with Crippen molar-refractivity contribution < 1.29 is 19.7 Å². The van der Waals surface area contributed by atoms with Gasteiger partial charge < -0.3 is 20.3 Å². The van der Waals surface area contributed by atoms with Gasteiger partial charge in [-0.05, 0) is 39.9 Å².